The molecule has 0 bridgehead atoms. The molecule has 0 fully saturated rings. The second kappa shape index (κ2) is 9.24. The second-order valence-corrected chi connectivity index (χ2v) is 8.38. The summed E-state index contributed by atoms with van der Waals surface area (Å²) in [5, 5.41) is 0.407. The van der Waals surface area contributed by atoms with E-state index in [1.807, 2.05) is 13.8 Å². The average molecular weight is 410 g/mol. The lowest BCUT2D eigenvalue weighted by Crippen LogP contribution is -2.32. The normalized spacial score (nSPS) is 11.3. The van der Waals surface area contributed by atoms with Crippen LogP contribution in [0.3, 0.4) is 0 Å². The van der Waals surface area contributed by atoms with Gasteiger partial charge in [0, 0.05) is 11.6 Å². The Morgan fingerprint density at radius 1 is 1.11 bits per heavy atom. The lowest BCUT2D eigenvalue weighted by molar-refractivity contribution is 0.0526. The molecule has 146 valence electrons. The van der Waals surface area contributed by atoms with Crippen LogP contribution < -0.4 is 4.31 Å². The SMILES string of the molecule is CCCCN(c1ccc(C(=O)OCC)cc1)S(=O)(=O)c1ccc(C)c(Cl)c1. The van der Waals surface area contributed by atoms with E-state index in [2.05, 4.69) is 0 Å². The number of nitrogens with zero attached hydrogens (tertiary/aromatic N) is 1. The molecule has 0 heterocycles. The summed E-state index contributed by atoms with van der Waals surface area (Å²) in [4.78, 5) is 12.0. The quantitative estimate of drug-likeness (QED) is 0.586. The van der Waals surface area contributed by atoms with Crippen LogP contribution >= 0.6 is 11.6 Å². The zero-order chi connectivity index (χ0) is 20.0. The fourth-order valence-corrected chi connectivity index (χ4v) is 4.30. The van der Waals surface area contributed by atoms with Crippen LogP contribution in [-0.4, -0.2) is 27.5 Å². The first-order valence-corrected chi connectivity index (χ1v) is 10.7. The number of carbonyl (C=O) groups excluding carboxylic acids is 1. The molecule has 0 amide bonds. The summed E-state index contributed by atoms with van der Waals surface area (Å²) in [6.45, 7) is 6.17. The van der Waals surface area contributed by atoms with E-state index in [0.29, 0.717) is 29.2 Å². The number of carbonyl (C=O) groups is 1. The molecule has 7 heteroatoms. The van der Waals surface area contributed by atoms with Crippen molar-refractivity contribution in [2.75, 3.05) is 17.5 Å². The minimum absolute atomic E-state index is 0.142. The second-order valence-electron chi connectivity index (χ2n) is 6.11. The van der Waals surface area contributed by atoms with E-state index in [4.69, 9.17) is 16.3 Å². The Balaban J connectivity index is 2.41. The Morgan fingerprint density at radius 3 is 2.33 bits per heavy atom. The predicted octanol–water partition coefficient (Wildman–Crippen LogP) is 4.82. The van der Waals surface area contributed by atoms with Gasteiger partial charge in [0.05, 0.1) is 22.8 Å². The molecule has 0 aromatic heterocycles. The first kappa shape index (κ1) is 21.3. The zero-order valence-electron chi connectivity index (χ0n) is 15.7. The number of aryl methyl sites for hydroxylation is 1. The molecule has 0 aliphatic carbocycles. The van der Waals surface area contributed by atoms with E-state index in [0.717, 1.165) is 12.0 Å². The van der Waals surface area contributed by atoms with Gasteiger partial charge in [0.25, 0.3) is 10.0 Å². The minimum atomic E-state index is -3.78. The van der Waals surface area contributed by atoms with Crippen LogP contribution in [0.1, 0.15) is 42.6 Å². The topological polar surface area (TPSA) is 63.7 Å². The van der Waals surface area contributed by atoms with Gasteiger partial charge in [-0.25, -0.2) is 13.2 Å². The summed E-state index contributed by atoms with van der Waals surface area (Å²) in [6.07, 6.45) is 1.56. The number of anilines is 1. The molecule has 2 aromatic carbocycles. The van der Waals surface area contributed by atoms with Crippen molar-refractivity contribution in [2.24, 2.45) is 0 Å². The van der Waals surface area contributed by atoms with Crippen molar-refractivity contribution in [3.05, 3.63) is 58.6 Å². The lowest BCUT2D eigenvalue weighted by Gasteiger charge is -2.25. The summed E-state index contributed by atoms with van der Waals surface area (Å²) in [6, 6.07) is 11.1. The number of ether oxygens (including phenoxy) is 1. The standard InChI is InChI=1S/C20H24ClNO4S/c1-4-6-13-22(17-10-8-16(9-11-17)20(23)26-5-2)27(24,25)18-12-7-15(3)19(21)14-18/h7-12,14H,4-6,13H2,1-3H3. The molecule has 0 saturated carbocycles. The van der Waals surface area contributed by atoms with E-state index in [9.17, 15) is 13.2 Å². The highest BCUT2D eigenvalue weighted by molar-refractivity contribution is 7.92. The molecule has 0 radical (unpaired) electrons. The van der Waals surface area contributed by atoms with Crippen LogP contribution in [0.2, 0.25) is 5.02 Å². The molecule has 2 rings (SSSR count). The summed E-state index contributed by atoms with van der Waals surface area (Å²) in [5.41, 5.74) is 1.69. The lowest BCUT2D eigenvalue weighted by atomic mass is 10.2. The van der Waals surface area contributed by atoms with E-state index in [-0.39, 0.29) is 11.5 Å². The number of sulfonamides is 1. The maximum atomic E-state index is 13.2. The number of esters is 1. The van der Waals surface area contributed by atoms with Gasteiger partial charge in [-0.1, -0.05) is 31.0 Å². The maximum absolute atomic E-state index is 13.2. The fourth-order valence-electron chi connectivity index (χ4n) is 2.53. The van der Waals surface area contributed by atoms with Gasteiger partial charge in [-0.05, 0) is 62.2 Å². The van der Waals surface area contributed by atoms with Crippen LogP contribution in [0.25, 0.3) is 0 Å². The van der Waals surface area contributed by atoms with Gasteiger partial charge in [-0.2, -0.15) is 0 Å². The zero-order valence-corrected chi connectivity index (χ0v) is 17.3. The van der Waals surface area contributed by atoms with Gasteiger partial charge in [0.1, 0.15) is 0 Å². The summed E-state index contributed by atoms with van der Waals surface area (Å²) < 4.78 is 32.7. The monoisotopic (exact) mass is 409 g/mol. The molecule has 0 unspecified atom stereocenters. The molecule has 0 spiro atoms. The van der Waals surface area contributed by atoms with Crippen molar-refractivity contribution < 1.29 is 17.9 Å². The summed E-state index contributed by atoms with van der Waals surface area (Å²) in [7, 11) is -3.78. The highest BCUT2D eigenvalue weighted by Crippen LogP contribution is 2.27. The molecular weight excluding hydrogens is 386 g/mol. The third-order valence-electron chi connectivity index (χ3n) is 4.11. The van der Waals surface area contributed by atoms with Crippen LogP contribution in [-0.2, 0) is 14.8 Å². The van der Waals surface area contributed by atoms with Crippen molar-refractivity contribution >= 4 is 33.3 Å². The van der Waals surface area contributed by atoms with Crippen LogP contribution in [0, 0.1) is 6.92 Å². The molecule has 0 atom stereocenters. The average Bonchev–Trinajstić information content (AvgIpc) is 2.64. The Morgan fingerprint density at radius 2 is 1.78 bits per heavy atom. The van der Waals surface area contributed by atoms with Crippen molar-refractivity contribution in [1.82, 2.24) is 0 Å². The van der Waals surface area contributed by atoms with Gasteiger partial charge in [-0.15, -0.1) is 0 Å². The van der Waals surface area contributed by atoms with Crippen LogP contribution in [0.15, 0.2) is 47.4 Å². The highest BCUT2D eigenvalue weighted by Gasteiger charge is 2.25. The number of benzene rings is 2. The highest BCUT2D eigenvalue weighted by atomic mass is 35.5. The number of unbranched alkanes of at least 4 members (excludes halogenated alkanes) is 1. The summed E-state index contributed by atoms with van der Waals surface area (Å²) >= 11 is 6.13. The maximum Gasteiger partial charge on any atom is 0.338 e. The molecule has 27 heavy (non-hydrogen) atoms. The van der Waals surface area contributed by atoms with Crippen molar-refractivity contribution in [2.45, 2.75) is 38.5 Å². The smallest absolute Gasteiger partial charge is 0.338 e. The third-order valence-corrected chi connectivity index (χ3v) is 6.34. The molecule has 0 saturated heterocycles. The molecule has 2 aromatic rings. The molecular formula is C20H24ClNO4S. The Labute approximate surface area is 166 Å². The van der Waals surface area contributed by atoms with E-state index >= 15 is 0 Å². The van der Waals surface area contributed by atoms with Gasteiger partial charge in [-0.3, -0.25) is 4.31 Å². The minimum Gasteiger partial charge on any atom is -0.462 e. The van der Waals surface area contributed by atoms with Crippen molar-refractivity contribution in [3.8, 4) is 0 Å². The van der Waals surface area contributed by atoms with Crippen molar-refractivity contribution in [3.63, 3.8) is 0 Å². The van der Waals surface area contributed by atoms with Gasteiger partial charge in [0.15, 0.2) is 0 Å². The Hall–Kier alpha value is -2.05. The van der Waals surface area contributed by atoms with Gasteiger partial charge < -0.3 is 4.74 Å². The Bertz CT molecular complexity index is 895. The first-order valence-electron chi connectivity index (χ1n) is 8.87. The first-order chi connectivity index (χ1) is 12.8. The van der Waals surface area contributed by atoms with E-state index in [1.54, 1.807) is 43.3 Å². The van der Waals surface area contributed by atoms with E-state index in [1.165, 1.54) is 10.4 Å². The number of hydrogen-bond acceptors (Lipinski definition) is 4. The largest absolute Gasteiger partial charge is 0.462 e. The summed E-state index contributed by atoms with van der Waals surface area (Å²) in [5.74, 6) is -0.433. The number of rotatable bonds is 8. The van der Waals surface area contributed by atoms with Gasteiger partial charge >= 0.3 is 5.97 Å². The van der Waals surface area contributed by atoms with Crippen LogP contribution in [0.4, 0.5) is 5.69 Å². The third kappa shape index (κ3) is 5.02. The van der Waals surface area contributed by atoms with Crippen LogP contribution in [0.5, 0.6) is 0 Å². The fraction of sp³-hybridized carbons (Fsp3) is 0.350. The molecule has 0 aliphatic rings. The molecule has 0 N–H and O–H groups in total. The molecule has 0 aliphatic heterocycles. The van der Waals surface area contributed by atoms with E-state index < -0.39 is 16.0 Å². The van der Waals surface area contributed by atoms with Crippen molar-refractivity contribution in [1.29, 1.82) is 0 Å². The van der Waals surface area contributed by atoms with Gasteiger partial charge in [0.2, 0.25) is 0 Å². The number of halogens is 1. The number of hydrogen-bond donors (Lipinski definition) is 0. The Kier molecular flexibility index (Phi) is 7.27. The molecule has 5 nitrogen and oxygen atoms in total. The predicted molar refractivity (Wildman–Crippen MR) is 108 cm³/mol.